The summed E-state index contributed by atoms with van der Waals surface area (Å²) in [6, 6.07) is 5.54. The summed E-state index contributed by atoms with van der Waals surface area (Å²) in [5.74, 6) is -0.0595. The van der Waals surface area contributed by atoms with Gasteiger partial charge in [0.2, 0.25) is 0 Å². The van der Waals surface area contributed by atoms with E-state index < -0.39 is 11.7 Å². The third kappa shape index (κ3) is 4.43. The molecule has 118 valence electrons. The number of hydrogen-bond donors (Lipinski definition) is 1. The first-order valence-electron chi connectivity index (χ1n) is 7.18. The molecule has 1 unspecified atom stereocenters. The van der Waals surface area contributed by atoms with Gasteiger partial charge in [0, 0.05) is 45.2 Å². The maximum Gasteiger partial charge on any atom is 0.416 e. The standard InChI is InChI=1S/C15H22F3N3/c1-20-5-7-21(8-6-20)11-13(10-19)12-3-2-4-14(9-12)15(16,17)18/h2-4,9,13H,5-8,10-11,19H2,1H3. The second-order valence-electron chi connectivity index (χ2n) is 5.66. The van der Waals surface area contributed by atoms with E-state index in [0.29, 0.717) is 18.7 Å². The molecular weight excluding hydrogens is 279 g/mol. The molecule has 1 aromatic carbocycles. The number of benzene rings is 1. The van der Waals surface area contributed by atoms with E-state index in [1.807, 2.05) is 0 Å². The highest BCUT2D eigenvalue weighted by Gasteiger charge is 2.31. The molecule has 1 heterocycles. The number of nitrogens with two attached hydrogens (primary N) is 1. The third-order valence-corrected chi connectivity index (χ3v) is 4.04. The van der Waals surface area contributed by atoms with E-state index in [9.17, 15) is 13.2 Å². The number of piperazine rings is 1. The van der Waals surface area contributed by atoms with Gasteiger partial charge >= 0.3 is 6.18 Å². The molecule has 6 heteroatoms. The Morgan fingerprint density at radius 3 is 2.43 bits per heavy atom. The Labute approximate surface area is 123 Å². The molecular formula is C15H22F3N3. The van der Waals surface area contributed by atoms with Gasteiger partial charge in [-0.3, -0.25) is 0 Å². The first kappa shape index (κ1) is 16.3. The minimum absolute atomic E-state index is 0.0595. The zero-order chi connectivity index (χ0) is 15.5. The zero-order valence-electron chi connectivity index (χ0n) is 12.2. The summed E-state index contributed by atoms with van der Waals surface area (Å²) in [5.41, 5.74) is 5.86. The predicted octanol–water partition coefficient (Wildman–Crippen LogP) is 2.00. The Kier molecular flexibility index (Phi) is 5.24. The monoisotopic (exact) mass is 301 g/mol. The van der Waals surface area contributed by atoms with Gasteiger partial charge in [-0.1, -0.05) is 18.2 Å². The molecule has 1 saturated heterocycles. The summed E-state index contributed by atoms with van der Waals surface area (Å²) in [5, 5.41) is 0. The van der Waals surface area contributed by atoms with Crippen LogP contribution in [0.15, 0.2) is 24.3 Å². The lowest BCUT2D eigenvalue weighted by Crippen LogP contribution is -2.46. The summed E-state index contributed by atoms with van der Waals surface area (Å²) in [6.45, 7) is 4.91. The van der Waals surface area contributed by atoms with Gasteiger partial charge in [0.1, 0.15) is 0 Å². The van der Waals surface area contributed by atoms with Gasteiger partial charge in [0.25, 0.3) is 0 Å². The van der Waals surface area contributed by atoms with Crippen molar-refractivity contribution in [2.45, 2.75) is 12.1 Å². The van der Waals surface area contributed by atoms with Crippen LogP contribution in [-0.4, -0.2) is 56.1 Å². The van der Waals surface area contributed by atoms with Gasteiger partial charge in [0.15, 0.2) is 0 Å². The Balaban J connectivity index is 2.07. The van der Waals surface area contributed by atoms with Crippen molar-refractivity contribution in [1.82, 2.24) is 9.80 Å². The highest BCUT2D eigenvalue weighted by molar-refractivity contribution is 5.28. The smallest absolute Gasteiger partial charge is 0.330 e. The van der Waals surface area contributed by atoms with Gasteiger partial charge < -0.3 is 15.5 Å². The molecule has 0 saturated carbocycles. The van der Waals surface area contributed by atoms with Crippen molar-refractivity contribution in [1.29, 1.82) is 0 Å². The van der Waals surface area contributed by atoms with Crippen LogP contribution in [0.25, 0.3) is 0 Å². The normalized spacial score (nSPS) is 19.7. The lowest BCUT2D eigenvalue weighted by atomic mass is 9.96. The summed E-state index contributed by atoms with van der Waals surface area (Å²) in [6.07, 6.45) is -4.30. The van der Waals surface area contributed by atoms with E-state index in [4.69, 9.17) is 5.73 Å². The molecule has 1 aliphatic heterocycles. The lowest BCUT2D eigenvalue weighted by Gasteiger charge is -2.34. The molecule has 21 heavy (non-hydrogen) atoms. The fourth-order valence-electron chi connectivity index (χ4n) is 2.63. The topological polar surface area (TPSA) is 32.5 Å². The molecule has 1 atom stereocenters. The number of nitrogens with zero attached hydrogens (tertiary/aromatic N) is 2. The van der Waals surface area contributed by atoms with Crippen LogP contribution in [0, 0.1) is 0 Å². The van der Waals surface area contributed by atoms with Crippen molar-refractivity contribution in [3.8, 4) is 0 Å². The average molecular weight is 301 g/mol. The highest BCUT2D eigenvalue weighted by Crippen LogP contribution is 2.31. The van der Waals surface area contributed by atoms with Gasteiger partial charge in [-0.2, -0.15) is 13.2 Å². The fraction of sp³-hybridized carbons (Fsp3) is 0.600. The van der Waals surface area contributed by atoms with E-state index in [1.165, 1.54) is 12.1 Å². The minimum atomic E-state index is -4.30. The predicted molar refractivity (Wildman–Crippen MR) is 77.2 cm³/mol. The van der Waals surface area contributed by atoms with Gasteiger partial charge in [-0.05, 0) is 18.7 Å². The van der Waals surface area contributed by atoms with Crippen LogP contribution in [-0.2, 0) is 6.18 Å². The largest absolute Gasteiger partial charge is 0.416 e. The molecule has 2 rings (SSSR count). The van der Waals surface area contributed by atoms with Gasteiger partial charge in [0.05, 0.1) is 5.56 Å². The van der Waals surface area contributed by atoms with Crippen LogP contribution in [0.4, 0.5) is 13.2 Å². The van der Waals surface area contributed by atoms with E-state index in [2.05, 4.69) is 16.8 Å². The van der Waals surface area contributed by atoms with Crippen molar-refractivity contribution < 1.29 is 13.2 Å². The first-order chi connectivity index (χ1) is 9.90. The van der Waals surface area contributed by atoms with Crippen LogP contribution in [0.1, 0.15) is 17.0 Å². The Morgan fingerprint density at radius 2 is 1.86 bits per heavy atom. The van der Waals surface area contributed by atoms with Crippen molar-refractivity contribution >= 4 is 0 Å². The fourth-order valence-corrected chi connectivity index (χ4v) is 2.63. The molecule has 1 aromatic rings. The van der Waals surface area contributed by atoms with E-state index in [-0.39, 0.29) is 5.92 Å². The lowest BCUT2D eigenvalue weighted by molar-refractivity contribution is -0.137. The van der Waals surface area contributed by atoms with E-state index >= 15 is 0 Å². The van der Waals surface area contributed by atoms with Gasteiger partial charge in [-0.15, -0.1) is 0 Å². The summed E-state index contributed by atoms with van der Waals surface area (Å²) in [7, 11) is 2.07. The summed E-state index contributed by atoms with van der Waals surface area (Å²) in [4.78, 5) is 4.52. The quantitative estimate of drug-likeness (QED) is 0.923. The molecule has 0 radical (unpaired) electrons. The van der Waals surface area contributed by atoms with Crippen molar-refractivity contribution in [3.05, 3.63) is 35.4 Å². The van der Waals surface area contributed by atoms with Crippen molar-refractivity contribution in [2.75, 3.05) is 46.3 Å². The highest BCUT2D eigenvalue weighted by atomic mass is 19.4. The molecule has 2 N–H and O–H groups in total. The van der Waals surface area contributed by atoms with Crippen LogP contribution < -0.4 is 5.73 Å². The zero-order valence-corrected chi connectivity index (χ0v) is 12.2. The van der Waals surface area contributed by atoms with E-state index in [1.54, 1.807) is 6.07 Å². The number of hydrogen-bond acceptors (Lipinski definition) is 3. The summed E-state index contributed by atoms with van der Waals surface area (Å²) >= 11 is 0. The van der Waals surface area contributed by atoms with Crippen LogP contribution in [0.5, 0.6) is 0 Å². The number of rotatable bonds is 4. The average Bonchev–Trinajstić information content (AvgIpc) is 2.46. The van der Waals surface area contributed by atoms with Crippen molar-refractivity contribution in [3.63, 3.8) is 0 Å². The number of likely N-dealkylation sites (N-methyl/N-ethyl adjacent to an activating group) is 1. The minimum Gasteiger partial charge on any atom is -0.330 e. The number of alkyl halides is 3. The Bertz CT molecular complexity index is 454. The van der Waals surface area contributed by atoms with Crippen molar-refractivity contribution in [2.24, 2.45) is 5.73 Å². The van der Waals surface area contributed by atoms with Gasteiger partial charge in [-0.25, -0.2) is 0 Å². The SMILES string of the molecule is CN1CCN(CC(CN)c2cccc(C(F)(F)F)c2)CC1. The Morgan fingerprint density at radius 1 is 1.19 bits per heavy atom. The maximum absolute atomic E-state index is 12.8. The second-order valence-corrected chi connectivity index (χ2v) is 5.66. The molecule has 0 spiro atoms. The molecule has 0 aromatic heterocycles. The molecule has 3 nitrogen and oxygen atoms in total. The summed E-state index contributed by atoms with van der Waals surface area (Å²) < 4.78 is 38.4. The molecule has 1 fully saturated rings. The molecule has 0 amide bonds. The van der Waals surface area contributed by atoms with Crippen LogP contribution >= 0.6 is 0 Å². The van der Waals surface area contributed by atoms with E-state index in [0.717, 1.165) is 32.2 Å². The number of halogens is 3. The Hall–Kier alpha value is -1.11. The molecule has 0 bridgehead atoms. The maximum atomic E-state index is 12.8. The van der Waals surface area contributed by atoms with Crippen LogP contribution in [0.3, 0.4) is 0 Å². The molecule has 1 aliphatic rings. The molecule has 0 aliphatic carbocycles. The first-order valence-corrected chi connectivity index (χ1v) is 7.18. The third-order valence-electron chi connectivity index (χ3n) is 4.04. The second kappa shape index (κ2) is 6.77. The van der Waals surface area contributed by atoms with Crippen LogP contribution in [0.2, 0.25) is 0 Å².